The van der Waals surface area contributed by atoms with E-state index in [-0.39, 0.29) is 44.4 Å². The van der Waals surface area contributed by atoms with Gasteiger partial charge in [-0.05, 0) is 53.3 Å². The minimum Gasteiger partial charge on any atom is -0.493 e. The van der Waals surface area contributed by atoms with Gasteiger partial charge in [-0.1, -0.05) is 55.5 Å². The number of nitrogens with one attached hydrogen (secondary N) is 2. The third-order valence-corrected chi connectivity index (χ3v) is 8.76. The van der Waals surface area contributed by atoms with E-state index in [2.05, 4.69) is 34.6 Å². The van der Waals surface area contributed by atoms with Crippen LogP contribution in [0.15, 0.2) is 60.7 Å². The number of esters is 1. The van der Waals surface area contributed by atoms with Crippen LogP contribution in [-0.4, -0.2) is 68.6 Å². The van der Waals surface area contributed by atoms with E-state index < -0.39 is 18.3 Å². The molecule has 11 nitrogen and oxygen atoms in total. The number of urea groups is 1. The minimum absolute atomic E-state index is 0.0168. The SMILES string of the molecule is CCOC(=O)CNC(=O)NCc1ccc(C2OC(CN3CCc4cc(OC)c(OC)cc4C3)C(C)C(c3ccc(CO)cc3)O2)cc1. The maximum absolute atomic E-state index is 12.1. The van der Waals surface area contributed by atoms with Crippen LogP contribution in [0, 0.1) is 5.92 Å². The molecule has 2 aliphatic rings. The van der Waals surface area contributed by atoms with Crippen molar-refractivity contribution in [3.8, 4) is 11.5 Å². The smallest absolute Gasteiger partial charge is 0.325 e. The molecule has 2 aliphatic heterocycles. The molecule has 5 rings (SSSR count). The van der Waals surface area contributed by atoms with E-state index in [9.17, 15) is 14.7 Å². The van der Waals surface area contributed by atoms with Gasteiger partial charge in [0.1, 0.15) is 6.54 Å². The van der Waals surface area contributed by atoms with Gasteiger partial charge < -0.3 is 39.4 Å². The fourth-order valence-corrected chi connectivity index (χ4v) is 6.08. The molecule has 0 saturated carbocycles. The second kappa shape index (κ2) is 16.1. The molecular formula is C36H45N3O8. The van der Waals surface area contributed by atoms with Crippen molar-refractivity contribution in [2.75, 3.05) is 40.5 Å². The molecule has 1 saturated heterocycles. The van der Waals surface area contributed by atoms with Gasteiger partial charge in [-0.25, -0.2) is 4.79 Å². The number of carbonyl (C=O) groups excluding carboxylic acids is 2. The summed E-state index contributed by atoms with van der Waals surface area (Å²) in [6.45, 7) is 6.62. The maximum atomic E-state index is 12.1. The summed E-state index contributed by atoms with van der Waals surface area (Å²) in [5.41, 5.74) is 6.12. The molecule has 0 bridgehead atoms. The Morgan fingerprint density at radius 1 is 0.915 bits per heavy atom. The Hall–Kier alpha value is -4.16. The molecule has 1 fully saturated rings. The van der Waals surface area contributed by atoms with Crippen molar-refractivity contribution in [2.24, 2.45) is 5.92 Å². The van der Waals surface area contributed by atoms with E-state index in [0.29, 0.717) is 0 Å². The first-order chi connectivity index (χ1) is 22.8. The lowest BCUT2D eigenvalue weighted by Gasteiger charge is -2.43. The minimum atomic E-state index is -0.602. The molecule has 4 atom stereocenters. The summed E-state index contributed by atoms with van der Waals surface area (Å²) in [4.78, 5) is 26.0. The Kier molecular flexibility index (Phi) is 11.7. The quantitative estimate of drug-likeness (QED) is 0.245. The molecule has 2 heterocycles. The van der Waals surface area contributed by atoms with Crippen molar-refractivity contribution in [3.05, 3.63) is 94.0 Å². The average Bonchev–Trinajstić information content (AvgIpc) is 3.10. The summed E-state index contributed by atoms with van der Waals surface area (Å²) >= 11 is 0. The van der Waals surface area contributed by atoms with E-state index >= 15 is 0 Å². The van der Waals surface area contributed by atoms with Crippen LogP contribution >= 0.6 is 0 Å². The number of aliphatic hydroxyl groups is 1. The fourth-order valence-electron chi connectivity index (χ4n) is 6.08. The van der Waals surface area contributed by atoms with Crippen molar-refractivity contribution in [3.63, 3.8) is 0 Å². The third kappa shape index (κ3) is 8.61. The normalized spacial score (nSPS) is 21.0. The van der Waals surface area contributed by atoms with Gasteiger partial charge in [0.25, 0.3) is 0 Å². The van der Waals surface area contributed by atoms with E-state index in [4.69, 9.17) is 23.7 Å². The van der Waals surface area contributed by atoms with Gasteiger partial charge in [0, 0.05) is 37.7 Å². The summed E-state index contributed by atoms with van der Waals surface area (Å²) in [5.74, 6) is 1.04. The largest absolute Gasteiger partial charge is 0.493 e. The maximum Gasteiger partial charge on any atom is 0.325 e. The second-order valence-electron chi connectivity index (χ2n) is 11.9. The van der Waals surface area contributed by atoms with Gasteiger partial charge in [-0.3, -0.25) is 9.69 Å². The van der Waals surface area contributed by atoms with Crippen molar-refractivity contribution in [1.82, 2.24) is 15.5 Å². The molecule has 3 aromatic carbocycles. The lowest BCUT2D eigenvalue weighted by atomic mass is 9.89. The van der Waals surface area contributed by atoms with Gasteiger partial charge in [0.2, 0.25) is 0 Å². The molecule has 2 amide bonds. The predicted molar refractivity (Wildman–Crippen MR) is 175 cm³/mol. The van der Waals surface area contributed by atoms with Crippen LogP contribution in [0.1, 0.15) is 59.6 Å². The van der Waals surface area contributed by atoms with Crippen LogP contribution in [0.3, 0.4) is 0 Å². The first-order valence-electron chi connectivity index (χ1n) is 16.0. The third-order valence-electron chi connectivity index (χ3n) is 8.76. The molecule has 4 unspecified atom stereocenters. The number of benzene rings is 3. The van der Waals surface area contributed by atoms with Crippen LogP contribution in [0.4, 0.5) is 4.79 Å². The first-order valence-corrected chi connectivity index (χ1v) is 16.0. The number of aliphatic hydroxyl groups excluding tert-OH is 1. The average molecular weight is 648 g/mol. The Bertz CT molecular complexity index is 1500. The zero-order chi connectivity index (χ0) is 33.3. The monoisotopic (exact) mass is 647 g/mol. The molecule has 0 aromatic heterocycles. The van der Waals surface area contributed by atoms with Crippen molar-refractivity contribution < 1.29 is 38.4 Å². The van der Waals surface area contributed by atoms with Gasteiger partial charge in [-0.2, -0.15) is 0 Å². The van der Waals surface area contributed by atoms with Gasteiger partial charge in [0.15, 0.2) is 17.8 Å². The molecule has 0 aliphatic carbocycles. The lowest BCUT2D eigenvalue weighted by molar-refractivity contribution is -0.276. The summed E-state index contributed by atoms with van der Waals surface area (Å²) in [7, 11) is 3.32. The van der Waals surface area contributed by atoms with E-state index in [0.717, 1.165) is 59.8 Å². The number of fused-ring (bicyclic) bond motifs is 1. The van der Waals surface area contributed by atoms with Crippen molar-refractivity contribution >= 4 is 12.0 Å². The molecule has 11 heteroatoms. The van der Waals surface area contributed by atoms with Crippen LogP contribution in [0.2, 0.25) is 0 Å². The Morgan fingerprint density at radius 3 is 2.23 bits per heavy atom. The summed E-state index contributed by atoms with van der Waals surface area (Å²) in [5, 5.41) is 14.8. The Labute approximate surface area is 276 Å². The van der Waals surface area contributed by atoms with Gasteiger partial charge in [-0.15, -0.1) is 0 Å². The molecule has 3 N–H and O–H groups in total. The molecule has 47 heavy (non-hydrogen) atoms. The highest BCUT2D eigenvalue weighted by atomic mass is 16.7. The predicted octanol–water partition coefficient (Wildman–Crippen LogP) is 4.41. The highest BCUT2D eigenvalue weighted by Gasteiger charge is 2.39. The highest BCUT2D eigenvalue weighted by Crippen LogP contribution is 2.42. The van der Waals surface area contributed by atoms with Gasteiger partial charge in [0.05, 0.1) is 39.6 Å². The number of nitrogens with zero attached hydrogens (tertiary/aromatic N) is 1. The fraction of sp³-hybridized carbons (Fsp3) is 0.444. The molecule has 0 radical (unpaired) electrons. The van der Waals surface area contributed by atoms with E-state index in [1.807, 2.05) is 48.5 Å². The Balaban J connectivity index is 1.29. The summed E-state index contributed by atoms with van der Waals surface area (Å²) < 4.78 is 29.2. The highest BCUT2D eigenvalue weighted by molar-refractivity contribution is 5.80. The van der Waals surface area contributed by atoms with Gasteiger partial charge >= 0.3 is 12.0 Å². The number of hydrogen-bond acceptors (Lipinski definition) is 9. The van der Waals surface area contributed by atoms with E-state index in [1.165, 1.54) is 11.1 Å². The van der Waals surface area contributed by atoms with Crippen molar-refractivity contribution in [2.45, 2.75) is 58.5 Å². The second-order valence-corrected chi connectivity index (χ2v) is 11.9. The zero-order valence-electron chi connectivity index (χ0n) is 27.5. The number of ether oxygens (including phenoxy) is 5. The number of methoxy groups -OCH3 is 2. The number of amides is 2. The van der Waals surface area contributed by atoms with Crippen LogP contribution in [0.5, 0.6) is 11.5 Å². The summed E-state index contributed by atoms with van der Waals surface area (Å²) in [6, 6.07) is 19.4. The first kappa shape index (κ1) is 34.2. The molecule has 3 aromatic rings. The number of rotatable bonds is 12. The molecule has 0 spiro atoms. The zero-order valence-corrected chi connectivity index (χ0v) is 27.5. The standard InChI is InChI=1S/C36H45N3O8/c1-5-45-33(41)19-38-36(42)37-18-24-6-12-27(13-7-24)35-46-32(23(2)34(47-35)26-10-8-25(22-40)9-11-26)21-39-15-14-28-16-30(43-3)31(44-4)17-29(28)20-39/h6-13,16-17,23,32,34-35,40H,5,14-15,18-22H2,1-4H3,(H2,37,38,42). The van der Waals surface area contributed by atoms with Crippen LogP contribution < -0.4 is 20.1 Å². The molecular weight excluding hydrogens is 602 g/mol. The van der Waals surface area contributed by atoms with E-state index in [1.54, 1.807) is 21.1 Å². The summed E-state index contributed by atoms with van der Waals surface area (Å²) in [6.07, 6.45) is -0.0474. The Morgan fingerprint density at radius 2 is 1.57 bits per heavy atom. The van der Waals surface area contributed by atoms with Crippen LogP contribution in [-0.2, 0) is 45.1 Å². The topological polar surface area (TPSA) is 128 Å². The number of hydrogen-bond donors (Lipinski definition) is 3. The lowest BCUT2D eigenvalue weighted by Crippen LogP contribution is -2.45. The number of carbonyl (C=O) groups is 2. The van der Waals surface area contributed by atoms with Crippen molar-refractivity contribution in [1.29, 1.82) is 0 Å². The molecule has 252 valence electrons. The van der Waals surface area contributed by atoms with Crippen LogP contribution in [0.25, 0.3) is 0 Å².